The van der Waals surface area contributed by atoms with Crippen LogP contribution in [0.5, 0.6) is 0 Å². The minimum Gasteiger partial charge on any atom is -0.396 e. The third-order valence-electron chi connectivity index (χ3n) is 5.79. The van der Waals surface area contributed by atoms with Crippen LogP contribution < -0.4 is 20.1 Å². The minimum atomic E-state index is -4.51. The molecule has 0 amide bonds. The summed E-state index contributed by atoms with van der Waals surface area (Å²) in [5.41, 5.74) is 0.427. The Bertz CT molecular complexity index is 1160. The van der Waals surface area contributed by atoms with Gasteiger partial charge in [0, 0.05) is 38.0 Å². The van der Waals surface area contributed by atoms with E-state index in [2.05, 4.69) is 30.7 Å². The highest BCUT2D eigenvalue weighted by molar-refractivity contribution is 7.92. The van der Waals surface area contributed by atoms with Gasteiger partial charge in [-0.2, -0.15) is 5.21 Å². The molecule has 0 aliphatic carbocycles. The van der Waals surface area contributed by atoms with Crippen LogP contribution in [0.2, 0.25) is 0 Å². The molecule has 13 nitrogen and oxygen atoms in total. The monoisotopic (exact) mass is 486 g/mol. The normalized spacial score (nSPS) is 22.0. The number of aliphatic hydroxyl groups is 1. The van der Waals surface area contributed by atoms with Gasteiger partial charge >= 0.3 is 0 Å². The summed E-state index contributed by atoms with van der Waals surface area (Å²) in [6.45, 7) is 2.31. The van der Waals surface area contributed by atoms with Gasteiger partial charge in [-0.05, 0) is 49.1 Å². The van der Waals surface area contributed by atoms with Crippen molar-refractivity contribution in [1.29, 1.82) is 0 Å². The van der Waals surface area contributed by atoms with Crippen molar-refractivity contribution >= 4 is 25.7 Å². The fourth-order valence-corrected chi connectivity index (χ4v) is 7.17. The number of nitrogens with two attached hydrogens (primary N) is 1. The molecule has 15 heteroatoms. The van der Waals surface area contributed by atoms with Crippen molar-refractivity contribution in [2.75, 3.05) is 37.7 Å². The van der Waals surface area contributed by atoms with E-state index in [0.717, 1.165) is 6.42 Å². The number of aromatic amines is 1. The van der Waals surface area contributed by atoms with Gasteiger partial charge in [-0.25, -0.2) is 26.7 Å². The smallest absolute Gasteiger partial charge is 0.242 e. The van der Waals surface area contributed by atoms with Crippen LogP contribution in [0.1, 0.15) is 19.3 Å². The highest BCUT2D eigenvalue weighted by Crippen LogP contribution is 2.40. The van der Waals surface area contributed by atoms with E-state index >= 15 is 0 Å². The van der Waals surface area contributed by atoms with Gasteiger partial charge < -0.3 is 15.3 Å². The molecule has 2 aromatic rings. The number of tetrazole rings is 1. The van der Waals surface area contributed by atoms with Crippen molar-refractivity contribution < 1.29 is 21.9 Å². The first-order valence-corrected chi connectivity index (χ1v) is 13.3. The van der Waals surface area contributed by atoms with Crippen LogP contribution in [-0.4, -0.2) is 81.4 Å². The van der Waals surface area contributed by atoms with Gasteiger partial charge in [0.05, 0.1) is 5.56 Å². The molecule has 2 aliphatic rings. The van der Waals surface area contributed by atoms with Gasteiger partial charge in [-0.1, -0.05) is 0 Å². The SMILES string of the molecule is NS(=O)(=O)c1c(S(=O)(=O)N[C@@H]2CCNC2)ccc(N2CCC(CCO)C2)c1-c1nn[nH]n1. The van der Waals surface area contributed by atoms with Crippen molar-refractivity contribution in [3.8, 4) is 11.4 Å². The molecule has 1 aromatic heterocycles. The summed E-state index contributed by atoms with van der Waals surface area (Å²) in [7, 11) is -8.72. The summed E-state index contributed by atoms with van der Waals surface area (Å²) in [4.78, 5) is 0.896. The molecule has 3 heterocycles. The zero-order valence-electron chi connectivity index (χ0n) is 17.2. The Morgan fingerprint density at radius 2 is 2.06 bits per heavy atom. The van der Waals surface area contributed by atoms with Crippen molar-refractivity contribution in [3.63, 3.8) is 0 Å². The molecule has 0 saturated carbocycles. The number of rotatable bonds is 8. The van der Waals surface area contributed by atoms with Crippen LogP contribution in [0.25, 0.3) is 11.4 Å². The Morgan fingerprint density at radius 1 is 1.25 bits per heavy atom. The lowest BCUT2D eigenvalue weighted by Gasteiger charge is -2.24. The average Bonchev–Trinajstić information content (AvgIpc) is 3.49. The lowest BCUT2D eigenvalue weighted by Crippen LogP contribution is -2.37. The summed E-state index contributed by atoms with van der Waals surface area (Å²) >= 11 is 0. The molecule has 32 heavy (non-hydrogen) atoms. The predicted molar refractivity (Wildman–Crippen MR) is 115 cm³/mol. The van der Waals surface area contributed by atoms with Crippen molar-refractivity contribution in [2.24, 2.45) is 11.1 Å². The molecule has 0 spiro atoms. The van der Waals surface area contributed by atoms with E-state index in [0.29, 0.717) is 44.7 Å². The topological polar surface area (TPSA) is 196 Å². The molecule has 1 aromatic carbocycles. The second-order valence-electron chi connectivity index (χ2n) is 7.99. The maximum atomic E-state index is 13.2. The van der Waals surface area contributed by atoms with E-state index in [1.54, 1.807) is 6.07 Å². The average molecular weight is 487 g/mol. The first kappa shape index (κ1) is 23.0. The summed E-state index contributed by atoms with van der Waals surface area (Å²) < 4.78 is 54.4. The lowest BCUT2D eigenvalue weighted by atomic mass is 10.1. The highest BCUT2D eigenvalue weighted by Gasteiger charge is 2.35. The highest BCUT2D eigenvalue weighted by atomic mass is 32.2. The fourth-order valence-electron chi connectivity index (χ4n) is 4.30. The molecular weight excluding hydrogens is 460 g/mol. The number of aromatic nitrogens is 4. The van der Waals surface area contributed by atoms with E-state index in [-0.39, 0.29) is 30.0 Å². The number of primary sulfonamides is 1. The van der Waals surface area contributed by atoms with E-state index in [9.17, 15) is 21.9 Å². The van der Waals surface area contributed by atoms with Gasteiger partial charge in [0.2, 0.25) is 25.9 Å². The lowest BCUT2D eigenvalue weighted by molar-refractivity contribution is 0.263. The van der Waals surface area contributed by atoms with Crippen LogP contribution >= 0.6 is 0 Å². The van der Waals surface area contributed by atoms with E-state index in [1.165, 1.54) is 6.07 Å². The quantitative estimate of drug-likeness (QED) is 0.289. The number of hydrogen-bond acceptors (Lipinski definition) is 10. The van der Waals surface area contributed by atoms with Crippen LogP contribution in [-0.2, 0) is 20.0 Å². The van der Waals surface area contributed by atoms with Crippen LogP contribution in [0, 0.1) is 5.92 Å². The number of nitrogens with zero attached hydrogens (tertiary/aromatic N) is 4. The second kappa shape index (κ2) is 8.99. The van der Waals surface area contributed by atoms with Gasteiger partial charge in [-0.3, -0.25) is 0 Å². The summed E-state index contributed by atoms with van der Waals surface area (Å²) in [6.07, 6.45) is 1.99. The van der Waals surface area contributed by atoms with E-state index in [1.807, 2.05) is 4.90 Å². The van der Waals surface area contributed by atoms with E-state index in [4.69, 9.17) is 5.14 Å². The molecule has 4 rings (SSSR count). The van der Waals surface area contributed by atoms with Crippen LogP contribution in [0.15, 0.2) is 21.9 Å². The largest absolute Gasteiger partial charge is 0.396 e. The zero-order valence-corrected chi connectivity index (χ0v) is 18.9. The predicted octanol–water partition coefficient (Wildman–Crippen LogP) is -1.64. The van der Waals surface area contributed by atoms with Crippen LogP contribution in [0.3, 0.4) is 0 Å². The molecule has 0 bridgehead atoms. The van der Waals surface area contributed by atoms with E-state index < -0.39 is 29.8 Å². The Morgan fingerprint density at radius 3 is 2.69 bits per heavy atom. The van der Waals surface area contributed by atoms with Gasteiger partial charge in [0.15, 0.2) is 0 Å². The molecule has 1 unspecified atom stereocenters. The third kappa shape index (κ3) is 4.62. The number of benzene rings is 1. The Balaban J connectivity index is 1.87. The molecule has 2 aliphatic heterocycles. The Kier molecular flexibility index (Phi) is 6.46. The molecule has 0 radical (unpaired) electrons. The van der Waals surface area contributed by atoms with Gasteiger partial charge in [-0.15, -0.1) is 10.2 Å². The minimum absolute atomic E-state index is 0.0154. The molecule has 6 N–H and O–H groups in total. The number of hydrogen-bond donors (Lipinski definition) is 5. The number of anilines is 1. The first-order chi connectivity index (χ1) is 15.2. The molecule has 176 valence electrons. The number of sulfonamides is 2. The zero-order chi connectivity index (χ0) is 22.9. The second-order valence-corrected chi connectivity index (χ2v) is 11.2. The number of nitrogens with one attached hydrogen (secondary N) is 3. The van der Waals surface area contributed by atoms with Gasteiger partial charge in [0.25, 0.3) is 0 Å². The summed E-state index contributed by atoms with van der Waals surface area (Å²) in [5.74, 6) is 0.144. The standard InChI is InChI=1S/C17H26N8O5S2/c18-31(27,28)16-14(32(29,30)22-12-3-6-19-9-12)2-1-13(15(16)17-20-23-24-21-17)25-7-4-11(10-25)5-8-26/h1-2,11-12,19,22,26H,3-10H2,(H2,18,27,28)(H,20,21,23,24)/t11?,12-/m1/s1. The van der Waals surface area contributed by atoms with Crippen molar-refractivity contribution in [2.45, 2.75) is 35.1 Å². The van der Waals surface area contributed by atoms with Gasteiger partial charge in [0.1, 0.15) is 9.79 Å². The molecule has 2 atom stereocenters. The Hall–Kier alpha value is -2.17. The molecular formula is C17H26N8O5S2. The summed E-state index contributed by atoms with van der Waals surface area (Å²) in [5, 5.41) is 31.5. The molecule has 2 fully saturated rings. The first-order valence-electron chi connectivity index (χ1n) is 10.2. The van der Waals surface area contributed by atoms with Crippen molar-refractivity contribution in [1.82, 2.24) is 30.7 Å². The maximum Gasteiger partial charge on any atom is 0.242 e. The van der Waals surface area contributed by atoms with Crippen LogP contribution in [0.4, 0.5) is 5.69 Å². The fraction of sp³-hybridized carbons (Fsp3) is 0.588. The summed E-state index contributed by atoms with van der Waals surface area (Å²) in [6, 6.07) is 2.44. The Labute approximate surface area is 185 Å². The molecule has 2 saturated heterocycles. The number of H-pyrrole nitrogens is 1. The van der Waals surface area contributed by atoms with Crippen molar-refractivity contribution in [3.05, 3.63) is 12.1 Å². The maximum absolute atomic E-state index is 13.2. The number of aliphatic hydroxyl groups excluding tert-OH is 1. The third-order valence-corrected chi connectivity index (χ3v) is 8.47.